The van der Waals surface area contributed by atoms with Crippen LogP contribution in [0.3, 0.4) is 0 Å². The Balaban J connectivity index is 1.37. The number of ether oxygens (including phenoxy) is 3. The van der Waals surface area contributed by atoms with Crippen LogP contribution in [0, 0.1) is 6.92 Å². The molecule has 2 heterocycles. The maximum atomic E-state index is 11.7. The Morgan fingerprint density at radius 3 is 2.68 bits per heavy atom. The molecule has 3 aromatic rings. The van der Waals surface area contributed by atoms with Gasteiger partial charge in [0.1, 0.15) is 31.3 Å². The van der Waals surface area contributed by atoms with Gasteiger partial charge in [0.25, 0.3) is 0 Å². The summed E-state index contributed by atoms with van der Waals surface area (Å²) < 4.78 is 16.2. The fourth-order valence-electron chi connectivity index (χ4n) is 2.25. The van der Waals surface area contributed by atoms with Gasteiger partial charge in [-0.15, -0.1) is 11.3 Å². The fraction of sp³-hybridized carbons (Fsp3) is 0.190. The molecule has 0 aliphatic heterocycles. The number of hydrogen-bond donors (Lipinski definition) is 0. The second-order valence-corrected chi connectivity index (χ2v) is 6.82. The zero-order valence-electron chi connectivity index (χ0n) is 15.4. The van der Waals surface area contributed by atoms with E-state index in [2.05, 4.69) is 9.97 Å². The molecule has 0 spiro atoms. The molecule has 0 aliphatic rings. The van der Waals surface area contributed by atoms with Gasteiger partial charge in [-0.3, -0.25) is 4.98 Å². The summed E-state index contributed by atoms with van der Waals surface area (Å²) in [4.78, 5) is 20.0. The lowest BCUT2D eigenvalue weighted by Crippen LogP contribution is -2.10. The molecule has 0 bridgehead atoms. The molecular weight excluding hydrogens is 376 g/mol. The molecule has 144 valence electrons. The first kappa shape index (κ1) is 19.6. The van der Waals surface area contributed by atoms with Gasteiger partial charge in [-0.1, -0.05) is 12.1 Å². The normalized spacial score (nSPS) is 10.8. The van der Waals surface area contributed by atoms with Crippen LogP contribution in [0.4, 0.5) is 0 Å². The topological polar surface area (TPSA) is 70.5 Å². The average molecular weight is 396 g/mol. The highest BCUT2D eigenvalue weighted by Gasteiger charge is 2.01. The fourth-order valence-corrected chi connectivity index (χ4v) is 2.85. The predicted octanol–water partition coefficient (Wildman–Crippen LogP) is 4.06. The molecule has 7 heteroatoms. The number of aromatic nitrogens is 2. The summed E-state index contributed by atoms with van der Waals surface area (Å²) in [5.74, 6) is 0.966. The van der Waals surface area contributed by atoms with E-state index in [0.29, 0.717) is 12.4 Å². The molecule has 6 nitrogen and oxygen atoms in total. The van der Waals surface area contributed by atoms with Crippen molar-refractivity contribution >= 4 is 23.4 Å². The molecule has 0 amide bonds. The molecule has 1 aromatic carbocycles. The third-order valence-electron chi connectivity index (χ3n) is 3.58. The number of esters is 1. The van der Waals surface area contributed by atoms with Gasteiger partial charge >= 0.3 is 5.97 Å². The Morgan fingerprint density at radius 2 is 1.96 bits per heavy atom. The Hall–Kier alpha value is -3.19. The summed E-state index contributed by atoms with van der Waals surface area (Å²) in [6.45, 7) is 2.85. The van der Waals surface area contributed by atoms with E-state index in [1.165, 1.54) is 6.08 Å². The minimum Gasteiger partial charge on any atom is -0.488 e. The van der Waals surface area contributed by atoms with Gasteiger partial charge in [0.15, 0.2) is 0 Å². The standard InChI is InChI=1S/C21H20N2O4S/c1-16-23-18(15-28-16)14-27-19-7-4-17(5-8-19)6-9-21(24)26-12-11-25-20-3-2-10-22-13-20/h2-10,13,15H,11-12,14H2,1H3/b9-6+. The Kier molecular flexibility index (Phi) is 7.14. The third kappa shape index (κ3) is 6.51. The number of carbonyl (C=O) groups is 1. The van der Waals surface area contributed by atoms with Crippen LogP contribution in [-0.4, -0.2) is 29.2 Å². The number of hydrogen-bond acceptors (Lipinski definition) is 7. The molecule has 3 rings (SSSR count). The van der Waals surface area contributed by atoms with Gasteiger partial charge in [0, 0.05) is 17.7 Å². The Labute approximate surface area is 167 Å². The van der Waals surface area contributed by atoms with Crippen LogP contribution in [0.1, 0.15) is 16.3 Å². The van der Waals surface area contributed by atoms with Crippen molar-refractivity contribution in [3.63, 3.8) is 0 Å². The first-order valence-electron chi connectivity index (χ1n) is 8.70. The number of aryl methyl sites for hydroxylation is 1. The van der Waals surface area contributed by atoms with Gasteiger partial charge < -0.3 is 14.2 Å². The lowest BCUT2D eigenvalue weighted by Gasteiger charge is -2.05. The zero-order chi connectivity index (χ0) is 19.6. The monoisotopic (exact) mass is 396 g/mol. The minimum absolute atomic E-state index is 0.168. The average Bonchev–Trinajstić information content (AvgIpc) is 3.15. The second kappa shape index (κ2) is 10.2. The quantitative estimate of drug-likeness (QED) is 0.309. The predicted molar refractivity (Wildman–Crippen MR) is 107 cm³/mol. The summed E-state index contributed by atoms with van der Waals surface area (Å²) >= 11 is 1.60. The van der Waals surface area contributed by atoms with Gasteiger partial charge in [0.2, 0.25) is 0 Å². The smallest absolute Gasteiger partial charge is 0.330 e. The van der Waals surface area contributed by atoms with E-state index in [1.54, 1.807) is 41.9 Å². The largest absolute Gasteiger partial charge is 0.488 e. The van der Waals surface area contributed by atoms with Gasteiger partial charge in [-0.25, -0.2) is 9.78 Å². The van der Waals surface area contributed by atoms with Crippen molar-refractivity contribution < 1.29 is 19.0 Å². The maximum absolute atomic E-state index is 11.7. The number of carbonyl (C=O) groups excluding carboxylic acids is 1. The van der Waals surface area contributed by atoms with Crippen molar-refractivity contribution in [1.82, 2.24) is 9.97 Å². The molecule has 0 N–H and O–H groups in total. The maximum Gasteiger partial charge on any atom is 0.330 e. The van der Waals surface area contributed by atoms with Crippen molar-refractivity contribution in [2.45, 2.75) is 13.5 Å². The second-order valence-electron chi connectivity index (χ2n) is 5.75. The molecular formula is C21H20N2O4S. The molecule has 0 aliphatic carbocycles. The van der Waals surface area contributed by atoms with E-state index in [-0.39, 0.29) is 13.2 Å². The summed E-state index contributed by atoms with van der Waals surface area (Å²) in [6, 6.07) is 11.0. The van der Waals surface area contributed by atoms with Crippen molar-refractivity contribution in [2.75, 3.05) is 13.2 Å². The number of rotatable bonds is 9. The highest BCUT2D eigenvalue weighted by atomic mass is 32.1. The SMILES string of the molecule is Cc1nc(COc2ccc(/C=C/C(=O)OCCOc3cccnc3)cc2)cs1. The molecule has 0 unspecified atom stereocenters. The van der Waals surface area contributed by atoms with Crippen molar-refractivity contribution in [2.24, 2.45) is 0 Å². The zero-order valence-corrected chi connectivity index (χ0v) is 16.2. The molecule has 0 fully saturated rings. The van der Waals surface area contributed by atoms with Crippen LogP contribution in [0.15, 0.2) is 60.2 Å². The van der Waals surface area contributed by atoms with E-state index in [1.807, 2.05) is 36.6 Å². The summed E-state index contributed by atoms with van der Waals surface area (Å²) in [5.41, 5.74) is 1.79. The van der Waals surface area contributed by atoms with Crippen LogP contribution in [-0.2, 0) is 16.1 Å². The van der Waals surface area contributed by atoms with Crippen LogP contribution in [0.5, 0.6) is 11.5 Å². The molecule has 0 saturated carbocycles. The van der Waals surface area contributed by atoms with Gasteiger partial charge in [-0.2, -0.15) is 0 Å². The van der Waals surface area contributed by atoms with Gasteiger partial charge in [0.05, 0.1) is 16.9 Å². The van der Waals surface area contributed by atoms with E-state index in [4.69, 9.17) is 14.2 Å². The Morgan fingerprint density at radius 1 is 1.11 bits per heavy atom. The van der Waals surface area contributed by atoms with Crippen LogP contribution < -0.4 is 9.47 Å². The molecule has 0 atom stereocenters. The Bertz CT molecular complexity index is 908. The minimum atomic E-state index is -0.422. The van der Waals surface area contributed by atoms with Crippen LogP contribution in [0.2, 0.25) is 0 Å². The van der Waals surface area contributed by atoms with E-state index in [0.717, 1.165) is 22.0 Å². The lowest BCUT2D eigenvalue weighted by molar-refractivity contribution is -0.138. The molecule has 0 radical (unpaired) electrons. The van der Waals surface area contributed by atoms with Crippen LogP contribution >= 0.6 is 11.3 Å². The van der Waals surface area contributed by atoms with E-state index in [9.17, 15) is 4.79 Å². The lowest BCUT2D eigenvalue weighted by atomic mass is 10.2. The highest BCUT2D eigenvalue weighted by Crippen LogP contribution is 2.16. The summed E-state index contributed by atoms with van der Waals surface area (Å²) in [5, 5.41) is 3.01. The summed E-state index contributed by atoms with van der Waals surface area (Å²) in [7, 11) is 0. The van der Waals surface area contributed by atoms with E-state index < -0.39 is 5.97 Å². The first-order chi connectivity index (χ1) is 13.7. The number of nitrogens with zero attached hydrogens (tertiary/aromatic N) is 2. The number of thiazole rings is 1. The van der Waals surface area contributed by atoms with E-state index >= 15 is 0 Å². The van der Waals surface area contributed by atoms with Crippen molar-refractivity contribution in [1.29, 1.82) is 0 Å². The first-order valence-corrected chi connectivity index (χ1v) is 9.58. The molecule has 2 aromatic heterocycles. The number of pyridine rings is 1. The molecule has 0 saturated heterocycles. The number of benzene rings is 1. The van der Waals surface area contributed by atoms with Crippen LogP contribution in [0.25, 0.3) is 6.08 Å². The molecule has 28 heavy (non-hydrogen) atoms. The third-order valence-corrected chi connectivity index (χ3v) is 4.40. The van der Waals surface area contributed by atoms with Crippen molar-refractivity contribution in [3.05, 3.63) is 76.5 Å². The van der Waals surface area contributed by atoms with Crippen molar-refractivity contribution in [3.8, 4) is 11.5 Å². The summed E-state index contributed by atoms with van der Waals surface area (Å²) in [6.07, 6.45) is 6.35. The van der Waals surface area contributed by atoms with Gasteiger partial charge in [-0.05, 0) is 42.8 Å². The highest BCUT2D eigenvalue weighted by molar-refractivity contribution is 7.09.